The molecule has 0 spiro atoms. The Morgan fingerprint density at radius 3 is 2.42 bits per heavy atom. The molecule has 1 aromatic heterocycles. The molecule has 38 heavy (non-hydrogen) atoms. The van der Waals surface area contributed by atoms with Gasteiger partial charge in [-0.2, -0.15) is 4.98 Å². The van der Waals surface area contributed by atoms with E-state index in [4.69, 9.17) is 21.1 Å². The fourth-order valence-electron chi connectivity index (χ4n) is 4.34. The summed E-state index contributed by atoms with van der Waals surface area (Å²) in [7, 11) is 0. The van der Waals surface area contributed by atoms with Crippen molar-refractivity contribution in [2.75, 3.05) is 11.4 Å². The molecule has 2 aromatic carbocycles. The summed E-state index contributed by atoms with van der Waals surface area (Å²) in [6.07, 6.45) is 0.666. The molecule has 0 aliphatic carbocycles. The smallest absolute Gasteiger partial charge is 0.410 e. The maximum Gasteiger partial charge on any atom is 0.410 e. The number of anilines is 2. The summed E-state index contributed by atoms with van der Waals surface area (Å²) in [4.78, 5) is 33.8. The van der Waals surface area contributed by atoms with Crippen LogP contribution < -0.4 is 9.64 Å². The number of benzene rings is 2. The number of ether oxygens (including phenoxy) is 2. The molecule has 7 nitrogen and oxygen atoms in total. The van der Waals surface area contributed by atoms with Gasteiger partial charge < -0.3 is 14.4 Å². The molecule has 1 aliphatic heterocycles. The van der Waals surface area contributed by atoms with Crippen LogP contribution in [-0.4, -0.2) is 46.2 Å². The number of aromatic nitrogens is 1. The zero-order chi connectivity index (χ0) is 27.4. The summed E-state index contributed by atoms with van der Waals surface area (Å²) >= 11 is 6.22. The van der Waals surface area contributed by atoms with E-state index in [0.29, 0.717) is 31.0 Å². The molecule has 2 unspecified atom stereocenters. The highest BCUT2D eigenvalue weighted by atomic mass is 35.5. The fourth-order valence-corrected chi connectivity index (χ4v) is 4.58. The minimum absolute atomic E-state index is 0.00840. The van der Waals surface area contributed by atoms with Crippen molar-refractivity contribution in [2.24, 2.45) is 0 Å². The molecule has 2 heterocycles. The highest BCUT2D eigenvalue weighted by Crippen LogP contribution is 2.31. The molecule has 9 heteroatoms. The van der Waals surface area contributed by atoms with Gasteiger partial charge in [0.1, 0.15) is 23.3 Å². The number of hydrogen-bond donors (Lipinski definition) is 0. The normalized spacial score (nSPS) is 17.6. The van der Waals surface area contributed by atoms with E-state index >= 15 is 0 Å². The van der Waals surface area contributed by atoms with Gasteiger partial charge in [-0.05, 0) is 58.0 Å². The zero-order valence-corrected chi connectivity index (χ0v) is 22.6. The number of likely N-dealkylation sites (tertiary alicyclic amines) is 1. The molecule has 0 N–H and O–H groups in total. The Morgan fingerprint density at radius 2 is 1.76 bits per heavy atom. The van der Waals surface area contributed by atoms with Gasteiger partial charge in [-0.25, -0.2) is 9.18 Å². The highest BCUT2D eigenvalue weighted by Gasteiger charge is 2.33. The average Bonchev–Trinajstić information content (AvgIpc) is 2.84. The largest absolute Gasteiger partial charge is 0.474 e. The van der Waals surface area contributed by atoms with Crippen LogP contribution in [0, 0.1) is 5.82 Å². The first-order chi connectivity index (χ1) is 18.0. The van der Waals surface area contributed by atoms with Crippen molar-refractivity contribution in [3.63, 3.8) is 0 Å². The first-order valence-electron chi connectivity index (χ1n) is 12.5. The third kappa shape index (κ3) is 6.42. The summed E-state index contributed by atoms with van der Waals surface area (Å²) in [6.45, 7) is 7.97. The quantitative estimate of drug-likeness (QED) is 0.348. The second-order valence-corrected chi connectivity index (χ2v) is 10.6. The number of nitrogens with zero attached hydrogens (tertiary/aromatic N) is 3. The molecule has 2 amide bonds. The molecule has 0 bridgehead atoms. The third-order valence-electron chi connectivity index (χ3n) is 6.08. The Bertz CT molecular complexity index is 1280. The Morgan fingerprint density at radius 1 is 1.05 bits per heavy atom. The summed E-state index contributed by atoms with van der Waals surface area (Å²) < 4.78 is 26.4. The van der Waals surface area contributed by atoms with Crippen LogP contribution >= 0.6 is 11.6 Å². The molecule has 4 rings (SSSR count). The molecule has 3 aromatic rings. The van der Waals surface area contributed by atoms with Crippen LogP contribution in [0.5, 0.6) is 5.88 Å². The van der Waals surface area contributed by atoms with Crippen LogP contribution in [0.2, 0.25) is 5.02 Å². The predicted molar refractivity (Wildman–Crippen MR) is 145 cm³/mol. The third-order valence-corrected chi connectivity index (χ3v) is 6.39. The lowest BCUT2D eigenvalue weighted by atomic mass is 10.0. The number of piperidine rings is 1. The average molecular weight is 540 g/mol. The lowest BCUT2D eigenvalue weighted by Crippen LogP contribution is -2.49. The summed E-state index contributed by atoms with van der Waals surface area (Å²) in [5.41, 5.74) is -0.307. The zero-order valence-electron chi connectivity index (χ0n) is 21.9. The Balaban J connectivity index is 1.56. The lowest BCUT2D eigenvalue weighted by Gasteiger charge is -2.38. The van der Waals surface area contributed by atoms with E-state index in [1.165, 1.54) is 23.1 Å². The van der Waals surface area contributed by atoms with Gasteiger partial charge in [0.2, 0.25) is 5.88 Å². The van der Waals surface area contributed by atoms with E-state index in [1.54, 1.807) is 47.4 Å². The number of amides is 2. The molecular weight excluding hydrogens is 509 g/mol. The first kappa shape index (κ1) is 27.4. The summed E-state index contributed by atoms with van der Waals surface area (Å²) in [6, 6.07) is 17.9. The van der Waals surface area contributed by atoms with E-state index in [-0.39, 0.29) is 34.6 Å². The van der Waals surface area contributed by atoms with Crippen LogP contribution in [0.15, 0.2) is 66.7 Å². The standard InChI is InChI=1S/C29H31ClFN3O4/c1-19-18-21(16-17-33(19)28(36)38-29(2,3)4)37-25-15-9-14-24(32-25)34(20-10-6-5-7-11-20)27(35)26-22(30)12-8-13-23(26)31/h5-15,19,21H,16-18H2,1-4H3. The number of halogens is 2. The van der Waals surface area contributed by atoms with E-state index in [0.717, 1.165) is 0 Å². The van der Waals surface area contributed by atoms with Gasteiger partial charge in [0, 0.05) is 31.5 Å². The number of carbonyl (C=O) groups excluding carboxylic acids is 2. The molecular formula is C29H31ClFN3O4. The van der Waals surface area contributed by atoms with Crippen molar-refractivity contribution in [3.05, 3.63) is 83.1 Å². The van der Waals surface area contributed by atoms with E-state index in [1.807, 2.05) is 33.8 Å². The first-order valence-corrected chi connectivity index (χ1v) is 12.9. The van der Waals surface area contributed by atoms with Crippen molar-refractivity contribution in [1.82, 2.24) is 9.88 Å². The molecule has 1 aliphatic rings. The number of hydrogen-bond acceptors (Lipinski definition) is 5. The number of carbonyl (C=O) groups is 2. The number of rotatable bonds is 5. The molecule has 1 fully saturated rings. The number of pyridine rings is 1. The summed E-state index contributed by atoms with van der Waals surface area (Å²) in [5.74, 6) is -0.791. The van der Waals surface area contributed by atoms with E-state index in [9.17, 15) is 14.0 Å². The summed E-state index contributed by atoms with van der Waals surface area (Å²) in [5, 5.41) is 0.00840. The van der Waals surface area contributed by atoms with Crippen LogP contribution in [0.25, 0.3) is 0 Å². The number of para-hydroxylation sites is 1. The maximum absolute atomic E-state index is 14.7. The van der Waals surface area contributed by atoms with Crippen LogP contribution in [0.1, 0.15) is 50.9 Å². The minimum Gasteiger partial charge on any atom is -0.474 e. The maximum atomic E-state index is 14.7. The fraction of sp³-hybridized carbons (Fsp3) is 0.345. The molecule has 200 valence electrons. The van der Waals surface area contributed by atoms with Crippen molar-refractivity contribution >= 4 is 35.1 Å². The van der Waals surface area contributed by atoms with Gasteiger partial charge >= 0.3 is 6.09 Å². The second kappa shape index (κ2) is 11.4. The van der Waals surface area contributed by atoms with Crippen molar-refractivity contribution in [1.29, 1.82) is 0 Å². The predicted octanol–water partition coefficient (Wildman–Crippen LogP) is 7.02. The van der Waals surface area contributed by atoms with Crippen LogP contribution in [-0.2, 0) is 4.74 Å². The van der Waals surface area contributed by atoms with Crippen molar-refractivity contribution in [2.45, 2.75) is 58.3 Å². The van der Waals surface area contributed by atoms with Crippen LogP contribution in [0.3, 0.4) is 0 Å². The van der Waals surface area contributed by atoms with E-state index < -0.39 is 17.3 Å². The minimum atomic E-state index is -0.721. The second-order valence-electron chi connectivity index (χ2n) is 10.2. The molecule has 0 radical (unpaired) electrons. The lowest BCUT2D eigenvalue weighted by molar-refractivity contribution is -0.00149. The van der Waals surface area contributed by atoms with Gasteiger partial charge in [0.25, 0.3) is 5.91 Å². The van der Waals surface area contributed by atoms with Crippen molar-refractivity contribution in [3.8, 4) is 5.88 Å². The van der Waals surface area contributed by atoms with Gasteiger partial charge in [-0.3, -0.25) is 9.69 Å². The SMILES string of the molecule is CC1CC(Oc2cccc(N(C(=O)c3c(F)cccc3Cl)c3ccccc3)n2)CCN1C(=O)OC(C)(C)C. The van der Waals surface area contributed by atoms with Gasteiger partial charge in [-0.1, -0.05) is 41.9 Å². The van der Waals surface area contributed by atoms with Gasteiger partial charge in [0.15, 0.2) is 0 Å². The van der Waals surface area contributed by atoms with E-state index in [2.05, 4.69) is 4.98 Å². The monoisotopic (exact) mass is 539 g/mol. The van der Waals surface area contributed by atoms with Gasteiger partial charge in [0.05, 0.1) is 16.3 Å². The Labute approximate surface area is 227 Å². The Kier molecular flexibility index (Phi) is 8.21. The van der Waals surface area contributed by atoms with Gasteiger partial charge in [-0.15, -0.1) is 0 Å². The molecule has 1 saturated heterocycles. The topological polar surface area (TPSA) is 72.0 Å². The molecule has 2 atom stereocenters. The van der Waals surface area contributed by atoms with Crippen molar-refractivity contribution < 1.29 is 23.5 Å². The highest BCUT2D eigenvalue weighted by molar-refractivity contribution is 6.34. The van der Waals surface area contributed by atoms with Crippen LogP contribution in [0.4, 0.5) is 20.7 Å². The Hall–Kier alpha value is -3.65. The molecule has 0 saturated carbocycles.